The summed E-state index contributed by atoms with van der Waals surface area (Å²) in [5.41, 5.74) is 5.80. The van der Waals surface area contributed by atoms with E-state index in [9.17, 15) is 9.18 Å². The van der Waals surface area contributed by atoms with E-state index < -0.39 is 11.7 Å². The molecule has 0 saturated carbocycles. The summed E-state index contributed by atoms with van der Waals surface area (Å²) < 4.78 is 15.2. The van der Waals surface area contributed by atoms with Crippen LogP contribution in [0.25, 0.3) is 0 Å². The van der Waals surface area contributed by atoms with E-state index in [1.165, 1.54) is 18.2 Å². The Morgan fingerprint density at radius 1 is 1.42 bits per heavy atom. The van der Waals surface area contributed by atoms with E-state index in [0.717, 1.165) is 0 Å². The number of carbonyl (C=O) groups is 1. The van der Waals surface area contributed by atoms with Crippen molar-refractivity contribution in [2.75, 3.05) is 11.1 Å². The summed E-state index contributed by atoms with van der Waals surface area (Å²) in [6.45, 7) is 3.87. The number of nitrogen functional groups attached to an aromatic ring is 1. The molecule has 2 aromatic rings. The Balaban J connectivity index is 2.26. The maximum absolute atomic E-state index is 13.6. The molecule has 19 heavy (non-hydrogen) atoms. The van der Waals surface area contributed by atoms with Gasteiger partial charge in [-0.25, -0.2) is 9.07 Å². The van der Waals surface area contributed by atoms with E-state index in [2.05, 4.69) is 10.4 Å². The number of nitrogens with one attached hydrogen (secondary N) is 1. The second-order valence-electron chi connectivity index (χ2n) is 4.45. The van der Waals surface area contributed by atoms with Crippen molar-refractivity contribution in [2.45, 2.75) is 19.9 Å². The van der Waals surface area contributed by atoms with Gasteiger partial charge in [-0.2, -0.15) is 5.10 Å². The Bertz CT molecular complexity index is 606. The quantitative estimate of drug-likeness (QED) is 0.834. The second kappa shape index (κ2) is 5.09. The van der Waals surface area contributed by atoms with Gasteiger partial charge in [0.05, 0.1) is 11.8 Å². The van der Waals surface area contributed by atoms with Crippen LogP contribution in [0, 0.1) is 5.82 Å². The molecule has 0 aliphatic rings. The molecule has 3 N–H and O–H groups in total. The van der Waals surface area contributed by atoms with Crippen molar-refractivity contribution in [1.82, 2.24) is 9.78 Å². The summed E-state index contributed by atoms with van der Waals surface area (Å²) in [7, 11) is 0. The predicted molar refractivity (Wildman–Crippen MR) is 71.4 cm³/mol. The monoisotopic (exact) mass is 262 g/mol. The molecule has 5 nitrogen and oxygen atoms in total. The van der Waals surface area contributed by atoms with Crippen LogP contribution >= 0.6 is 0 Å². The number of anilines is 2. The summed E-state index contributed by atoms with van der Waals surface area (Å²) in [5.74, 6) is -0.642. The predicted octanol–water partition coefficient (Wildman–Crippen LogP) is 2.44. The van der Waals surface area contributed by atoms with Gasteiger partial charge in [0.1, 0.15) is 11.6 Å². The van der Waals surface area contributed by atoms with Crippen LogP contribution in [0.3, 0.4) is 0 Å². The van der Waals surface area contributed by atoms with E-state index in [1.54, 1.807) is 16.9 Å². The molecule has 1 heterocycles. The highest BCUT2D eigenvalue weighted by molar-refractivity contribution is 6.04. The van der Waals surface area contributed by atoms with E-state index in [0.29, 0.717) is 11.5 Å². The molecule has 1 aromatic carbocycles. The smallest absolute Gasteiger partial charge is 0.259 e. The molecule has 0 fully saturated rings. The Hall–Kier alpha value is -2.37. The maximum atomic E-state index is 13.6. The lowest BCUT2D eigenvalue weighted by atomic mass is 10.2. The SMILES string of the molecule is CC(C)n1nccc1NC(=O)c1cc(N)ccc1F. The third kappa shape index (κ3) is 2.73. The molecule has 0 radical (unpaired) electrons. The largest absolute Gasteiger partial charge is 0.399 e. The Morgan fingerprint density at radius 3 is 2.84 bits per heavy atom. The minimum atomic E-state index is -0.609. The summed E-state index contributed by atoms with van der Waals surface area (Å²) in [5, 5.41) is 6.71. The van der Waals surface area contributed by atoms with Crippen LogP contribution in [0.5, 0.6) is 0 Å². The van der Waals surface area contributed by atoms with Crippen molar-refractivity contribution >= 4 is 17.4 Å². The topological polar surface area (TPSA) is 72.9 Å². The number of aromatic nitrogens is 2. The zero-order valence-electron chi connectivity index (χ0n) is 10.7. The molecule has 0 unspecified atom stereocenters. The fourth-order valence-electron chi connectivity index (χ4n) is 1.73. The molecule has 0 aliphatic heterocycles. The third-order valence-corrected chi connectivity index (χ3v) is 2.64. The fraction of sp³-hybridized carbons (Fsp3) is 0.231. The number of nitrogens with two attached hydrogens (primary N) is 1. The molecule has 0 spiro atoms. The number of amides is 1. The Morgan fingerprint density at radius 2 is 2.16 bits per heavy atom. The average Bonchev–Trinajstić information content (AvgIpc) is 2.80. The van der Waals surface area contributed by atoms with Crippen molar-refractivity contribution in [2.24, 2.45) is 0 Å². The lowest BCUT2D eigenvalue weighted by Crippen LogP contribution is -2.18. The van der Waals surface area contributed by atoms with Crippen LogP contribution in [0.4, 0.5) is 15.9 Å². The number of nitrogens with zero attached hydrogens (tertiary/aromatic N) is 2. The van der Waals surface area contributed by atoms with Gasteiger partial charge < -0.3 is 11.1 Å². The van der Waals surface area contributed by atoms with Gasteiger partial charge in [0.15, 0.2) is 0 Å². The second-order valence-corrected chi connectivity index (χ2v) is 4.45. The summed E-state index contributed by atoms with van der Waals surface area (Å²) in [4.78, 5) is 12.0. The lowest BCUT2D eigenvalue weighted by Gasteiger charge is -2.12. The minimum Gasteiger partial charge on any atom is -0.399 e. The minimum absolute atomic E-state index is 0.0866. The number of rotatable bonds is 3. The highest BCUT2D eigenvalue weighted by atomic mass is 19.1. The first-order valence-corrected chi connectivity index (χ1v) is 5.89. The lowest BCUT2D eigenvalue weighted by molar-refractivity contribution is 0.102. The van der Waals surface area contributed by atoms with Crippen molar-refractivity contribution in [3.05, 3.63) is 41.8 Å². The van der Waals surface area contributed by atoms with Crippen molar-refractivity contribution in [1.29, 1.82) is 0 Å². The Kier molecular flexibility index (Phi) is 3.50. The summed E-state index contributed by atoms with van der Waals surface area (Å²) in [6.07, 6.45) is 1.57. The van der Waals surface area contributed by atoms with Crippen molar-refractivity contribution < 1.29 is 9.18 Å². The van der Waals surface area contributed by atoms with Crippen LogP contribution in [-0.2, 0) is 0 Å². The zero-order valence-corrected chi connectivity index (χ0v) is 10.7. The molecule has 1 aromatic heterocycles. The van der Waals surface area contributed by atoms with Gasteiger partial charge >= 0.3 is 0 Å². The third-order valence-electron chi connectivity index (χ3n) is 2.64. The molecule has 0 bridgehead atoms. The van der Waals surface area contributed by atoms with Crippen LogP contribution in [0.1, 0.15) is 30.2 Å². The van der Waals surface area contributed by atoms with Gasteiger partial charge in [-0.1, -0.05) is 0 Å². The van der Waals surface area contributed by atoms with Crippen molar-refractivity contribution in [3.63, 3.8) is 0 Å². The highest BCUT2D eigenvalue weighted by Gasteiger charge is 2.15. The molecule has 100 valence electrons. The molecular formula is C13H15FN4O. The number of hydrogen-bond acceptors (Lipinski definition) is 3. The number of benzene rings is 1. The first-order chi connectivity index (χ1) is 8.99. The first kappa shape index (κ1) is 13.1. The molecular weight excluding hydrogens is 247 g/mol. The number of carbonyl (C=O) groups excluding carboxylic acids is 1. The molecule has 2 rings (SSSR count). The van der Waals surface area contributed by atoms with E-state index in [-0.39, 0.29) is 11.6 Å². The molecule has 0 atom stereocenters. The fourth-order valence-corrected chi connectivity index (χ4v) is 1.73. The van der Waals surface area contributed by atoms with Crippen LogP contribution < -0.4 is 11.1 Å². The van der Waals surface area contributed by atoms with Gasteiger partial charge in [0.2, 0.25) is 0 Å². The van der Waals surface area contributed by atoms with E-state index >= 15 is 0 Å². The van der Waals surface area contributed by atoms with Gasteiger partial charge in [-0.15, -0.1) is 0 Å². The maximum Gasteiger partial charge on any atom is 0.259 e. The first-order valence-electron chi connectivity index (χ1n) is 5.89. The van der Waals surface area contributed by atoms with Crippen LogP contribution in [0.15, 0.2) is 30.5 Å². The van der Waals surface area contributed by atoms with Gasteiger partial charge in [0.25, 0.3) is 5.91 Å². The average molecular weight is 262 g/mol. The van der Waals surface area contributed by atoms with Crippen LogP contribution in [0.2, 0.25) is 0 Å². The van der Waals surface area contributed by atoms with Gasteiger partial charge in [0, 0.05) is 17.8 Å². The molecule has 0 saturated heterocycles. The summed E-state index contributed by atoms with van der Waals surface area (Å²) in [6, 6.07) is 5.63. The van der Waals surface area contributed by atoms with E-state index in [1.807, 2.05) is 13.8 Å². The molecule has 1 amide bonds. The zero-order chi connectivity index (χ0) is 14.0. The summed E-state index contributed by atoms with van der Waals surface area (Å²) >= 11 is 0. The van der Waals surface area contributed by atoms with Gasteiger partial charge in [-0.3, -0.25) is 4.79 Å². The van der Waals surface area contributed by atoms with Gasteiger partial charge in [-0.05, 0) is 32.0 Å². The molecule has 0 aliphatic carbocycles. The highest BCUT2D eigenvalue weighted by Crippen LogP contribution is 2.17. The standard InChI is InChI=1S/C13H15FN4O/c1-8(2)18-12(5-6-16-18)17-13(19)10-7-9(15)3-4-11(10)14/h3-8H,15H2,1-2H3,(H,17,19). The normalized spacial score (nSPS) is 10.7. The number of halogens is 1. The Labute approximate surface area is 110 Å². The van der Waals surface area contributed by atoms with Crippen molar-refractivity contribution in [3.8, 4) is 0 Å². The van der Waals surface area contributed by atoms with E-state index in [4.69, 9.17) is 5.73 Å². The number of hydrogen-bond donors (Lipinski definition) is 2. The van der Waals surface area contributed by atoms with Crippen LogP contribution in [-0.4, -0.2) is 15.7 Å². The molecule has 6 heteroatoms.